The van der Waals surface area contributed by atoms with Crippen LogP contribution in [0, 0.1) is 0 Å². The van der Waals surface area contributed by atoms with Gasteiger partial charge in [-0.15, -0.1) is 0 Å². The molecule has 1 aliphatic heterocycles. The average molecular weight is 266 g/mol. The van der Waals surface area contributed by atoms with Gasteiger partial charge in [0.2, 0.25) is 5.89 Å². The second-order valence-corrected chi connectivity index (χ2v) is 5.46. The molecule has 1 atom stereocenters. The summed E-state index contributed by atoms with van der Waals surface area (Å²) in [5.41, 5.74) is 0.744. The van der Waals surface area contributed by atoms with Gasteiger partial charge in [-0.3, -0.25) is 4.68 Å². The van der Waals surface area contributed by atoms with E-state index < -0.39 is 6.10 Å². The molecule has 0 amide bonds. The summed E-state index contributed by atoms with van der Waals surface area (Å²) in [5, 5.41) is 18.1. The van der Waals surface area contributed by atoms with E-state index in [4.69, 9.17) is 4.52 Å². The number of rotatable bonds is 4. The second kappa shape index (κ2) is 4.74. The molecule has 0 bridgehead atoms. The van der Waals surface area contributed by atoms with Crippen LogP contribution in [0.3, 0.4) is 0 Å². The summed E-state index contributed by atoms with van der Waals surface area (Å²) >= 11 is 1.88. The molecule has 0 spiro atoms. The van der Waals surface area contributed by atoms with E-state index in [1.807, 2.05) is 11.8 Å². The zero-order valence-corrected chi connectivity index (χ0v) is 10.8. The zero-order valence-electron chi connectivity index (χ0n) is 9.98. The van der Waals surface area contributed by atoms with E-state index in [0.717, 1.165) is 23.0 Å². The highest BCUT2D eigenvalue weighted by Gasteiger charge is 2.26. The molecule has 6 nitrogen and oxygen atoms in total. The summed E-state index contributed by atoms with van der Waals surface area (Å²) in [6.45, 7) is 0. The normalized spacial score (nSPS) is 17.7. The van der Waals surface area contributed by atoms with E-state index >= 15 is 0 Å². The lowest BCUT2D eigenvalue weighted by Crippen LogP contribution is -2.17. The molecule has 1 fully saturated rings. The Morgan fingerprint density at radius 3 is 3.06 bits per heavy atom. The first-order valence-corrected chi connectivity index (χ1v) is 6.95. The molecule has 7 heteroatoms. The predicted octanol–water partition coefficient (Wildman–Crippen LogP) is 0.910. The van der Waals surface area contributed by atoms with Gasteiger partial charge in [0.1, 0.15) is 6.10 Å². The molecule has 1 saturated heterocycles. The van der Waals surface area contributed by atoms with Crippen molar-refractivity contribution < 1.29 is 9.63 Å². The lowest BCUT2D eigenvalue weighted by atomic mass is 10.2. The van der Waals surface area contributed by atoms with Crippen LogP contribution >= 0.6 is 11.8 Å². The van der Waals surface area contributed by atoms with E-state index in [1.165, 1.54) is 0 Å². The van der Waals surface area contributed by atoms with Crippen LogP contribution in [0.5, 0.6) is 0 Å². The van der Waals surface area contributed by atoms with Crippen LogP contribution in [-0.4, -0.2) is 36.5 Å². The van der Waals surface area contributed by atoms with E-state index in [9.17, 15) is 5.11 Å². The number of nitrogens with zero attached hydrogens (tertiary/aromatic N) is 4. The van der Waals surface area contributed by atoms with Gasteiger partial charge in [-0.25, -0.2) is 0 Å². The van der Waals surface area contributed by atoms with Crippen molar-refractivity contribution in [1.29, 1.82) is 0 Å². The van der Waals surface area contributed by atoms with E-state index in [1.54, 1.807) is 24.0 Å². The van der Waals surface area contributed by atoms with Crippen molar-refractivity contribution in [2.24, 2.45) is 7.05 Å². The highest BCUT2D eigenvalue weighted by molar-refractivity contribution is 8.00. The SMILES string of the molecule is Cn1nccc1C(O)Cc1nc(C2CSC2)no1. The predicted molar refractivity (Wildman–Crippen MR) is 66.2 cm³/mol. The van der Waals surface area contributed by atoms with Gasteiger partial charge in [-0.1, -0.05) is 5.16 Å². The minimum absolute atomic E-state index is 0.326. The van der Waals surface area contributed by atoms with Crippen molar-refractivity contribution >= 4 is 11.8 Å². The number of aliphatic hydroxyl groups excluding tert-OH is 1. The monoisotopic (exact) mass is 266 g/mol. The molecule has 2 aromatic rings. The summed E-state index contributed by atoms with van der Waals surface area (Å²) < 4.78 is 6.81. The molecule has 3 rings (SSSR count). The molecular formula is C11H14N4O2S. The smallest absolute Gasteiger partial charge is 0.229 e. The Bertz CT molecular complexity index is 535. The lowest BCUT2D eigenvalue weighted by Gasteiger charge is -2.20. The van der Waals surface area contributed by atoms with Gasteiger partial charge in [0.25, 0.3) is 0 Å². The van der Waals surface area contributed by atoms with Gasteiger partial charge >= 0.3 is 0 Å². The van der Waals surface area contributed by atoms with E-state index in [-0.39, 0.29) is 0 Å². The van der Waals surface area contributed by atoms with Crippen molar-refractivity contribution in [2.75, 3.05) is 11.5 Å². The van der Waals surface area contributed by atoms with Crippen LogP contribution in [0.25, 0.3) is 0 Å². The molecule has 1 N–H and O–H groups in total. The number of aliphatic hydroxyl groups is 1. The van der Waals surface area contributed by atoms with Crippen molar-refractivity contribution in [1.82, 2.24) is 19.9 Å². The minimum Gasteiger partial charge on any atom is -0.386 e. The summed E-state index contributed by atoms with van der Waals surface area (Å²) in [6.07, 6.45) is 1.32. The molecule has 0 aromatic carbocycles. The number of aryl methyl sites for hydroxylation is 1. The molecule has 1 aliphatic rings. The van der Waals surface area contributed by atoms with Crippen LogP contribution in [0.1, 0.15) is 29.4 Å². The Labute approximate surface area is 108 Å². The van der Waals surface area contributed by atoms with Crippen molar-refractivity contribution in [3.8, 4) is 0 Å². The number of hydrogen-bond acceptors (Lipinski definition) is 6. The largest absolute Gasteiger partial charge is 0.386 e. The summed E-state index contributed by atoms with van der Waals surface area (Å²) in [5.74, 6) is 3.78. The standard InChI is InChI=1S/C11H14N4O2S/c1-15-8(2-3-12-15)9(16)4-10-13-11(14-17-10)7-5-18-6-7/h2-3,7,9,16H,4-6H2,1H3. The van der Waals surface area contributed by atoms with Crippen LogP contribution in [0.15, 0.2) is 16.8 Å². The first kappa shape index (κ1) is 11.7. The highest BCUT2D eigenvalue weighted by atomic mass is 32.2. The number of thioether (sulfide) groups is 1. The van der Waals surface area contributed by atoms with E-state index in [2.05, 4.69) is 15.2 Å². The van der Waals surface area contributed by atoms with Crippen molar-refractivity contribution in [2.45, 2.75) is 18.4 Å². The van der Waals surface area contributed by atoms with Crippen LogP contribution in [0.2, 0.25) is 0 Å². The van der Waals surface area contributed by atoms with Gasteiger partial charge in [-0.2, -0.15) is 21.8 Å². The van der Waals surface area contributed by atoms with Gasteiger partial charge in [0.15, 0.2) is 5.82 Å². The first-order chi connectivity index (χ1) is 8.74. The number of aromatic nitrogens is 4. The zero-order chi connectivity index (χ0) is 12.5. The highest BCUT2D eigenvalue weighted by Crippen LogP contribution is 2.32. The molecule has 3 heterocycles. The van der Waals surface area contributed by atoms with Crippen molar-refractivity contribution in [3.05, 3.63) is 29.7 Å². The van der Waals surface area contributed by atoms with Crippen LogP contribution in [-0.2, 0) is 13.5 Å². The maximum Gasteiger partial charge on any atom is 0.229 e. The van der Waals surface area contributed by atoms with E-state index in [0.29, 0.717) is 18.2 Å². The Hall–Kier alpha value is -1.34. The molecule has 1 unspecified atom stereocenters. The first-order valence-electron chi connectivity index (χ1n) is 5.80. The third-order valence-electron chi connectivity index (χ3n) is 3.06. The lowest BCUT2D eigenvalue weighted by molar-refractivity contribution is 0.155. The fourth-order valence-electron chi connectivity index (χ4n) is 1.88. The average Bonchev–Trinajstić information content (AvgIpc) is 2.85. The minimum atomic E-state index is -0.665. The van der Waals surface area contributed by atoms with Crippen LogP contribution in [0.4, 0.5) is 0 Å². The topological polar surface area (TPSA) is 77.0 Å². The van der Waals surface area contributed by atoms with Gasteiger partial charge < -0.3 is 9.63 Å². The maximum absolute atomic E-state index is 10.1. The quantitative estimate of drug-likeness (QED) is 0.886. The molecule has 96 valence electrons. The second-order valence-electron chi connectivity index (χ2n) is 4.38. The fraction of sp³-hybridized carbons (Fsp3) is 0.545. The number of hydrogen-bond donors (Lipinski definition) is 1. The third-order valence-corrected chi connectivity index (χ3v) is 4.33. The molecule has 0 saturated carbocycles. The van der Waals surface area contributed by atoms with Crippen LogP contribution < -0.4 is 0 Å². The third kappa shape index (κ3) is 2.15. The molecular weight excluding hydrogens is 252 g/mol. The Morgan fingerprint density at radius 1 is 1.61 bits per heavy atom. The summed E-state index contributed by atoms with van der Waals surface area (Å²) in [6, 6.07) is 1.78. The van der Waals surface area contributed by atoms with Gasteiger partial charge in [-0.05, 0) is 6.07 Å². The van der Waals surface area contributed by atoms with Gasteiger partial charge in [0.05, 0.1) is 12.1 Å². The maximum atomic E-state index is 10.1. The Morgan fingerprint density at radius 2 is 2.44 bits per heavy atom. The molecule has 0 aliphatic carbocycles. The fourth-order valence-corrected chi connectivity index (χ4v) is 2.65. The molecule has 0 radical (unpaired) electrons. The molecule has 18 heavy (non-hydrogen) atoms. The summed E-state index contributed by atoms with van der Waals surface area (Å²) in [4.78, 5) is 4.33. The Kier molecular flexibility index (Phi) is 3.09. The molecule has 2 aromatic heterocycles. The van der Waals surface area contributed by atoms with Gasteiger partial charge in [0, 0.05) is 30.7 Å². The summed E-state index contributed by atoms with van der Waals surface area (Å²) in [7, 11) is 1.80. The van der Waals surface area contributed by atoms with Crippen molar-refractivity contribution in [3.63, 3.8) is 0 Å². The Balaban J connectivity index is 1.68.